The first kappa shape index (κ1) is 34.6. The van der Waals surface area contributed by atoms with Crippen LogP contribution in [0.1, 0.15) is 112 Å². The highest BCUT2D eigenvalue weighted by molar-refractivity contribution is 5.75. The fourth-order valence-electron chi connectivity index (χ4n) is 7.14. The van der Waals surface area contributed by atoms with E-state index in [-0.39, 0.29) is 41.2 Å². The van der Waals surface area contributed by atoms with E-state index in [4.69, 9.17) is 9.47 Å². The normalized spacial score (nSPS) is 21.6. The average Bonchev–Trinajstić information content (AvgIpc) is 3.08. The third-order valence-electron chi connectivity index (χ3n) is 9.78. The summed E-state index contributed by atoms with van der Waals surface area (Å²) in [4.78, 5) is 12.9. The van der Waals surface area contributed by atoms with Gasteiger partial charge >= 0.3 is 5.97 Å². The van der Waals surface area contributed by atoms with Gasteiger partial charge in [0.05, 0.1) is 12.5 Å². The zero-order valence-corrected chi connectivity index (χ0v) is 26.7. The van der Waals surface area contributed by atoms with E-state index in [1.54, 1.807) is 19.1 Å². The van der Waals surface area contributed by atoms with Gasteiger partial charge < -0.3 is 9.47 Å². The molecule has 0 aromatic heterocycles. The molecule has 0 N–H and O–H groups in total. The van der Waals surface area contributed by atoms with E-state index in [1.165, 1.54) is 24.3 Å². The van der Waals surface area contributed by atoms with Gasteiger partial charge in [-0.3, -0.25) is 4.79 Å². The number of esters is 1. The molecule has 0 atom stereocenters. The topological polar surface area (TPSA) is 35.5 Å². The van der Waals surface area contributed by atoms with Crippen molar-refractivity contribution in [1.82, 2.24) is 0 Å². The van der Waals surface area contributed by atoms with Crippen molar-refractivity contribution in [3.63, 3.8) is 0 Å². The first-order valence-corrected chi connectivity index (χ1v) is 16.5. The molecule has 2 aliphatic carbocycles. The highest BCUT2D eigenvalue weighted by Gasteiger charge is 2.33. The lowest BCUT2D eigenvalue weighted by Crippen LogP contribution is -2.26. The number of carbonyl (C=O) groups excluding carboxylic acids is 1. The maximum Gasteiger partial charge on any atom is 0.314 e. The minimum atomic E-state index is -1.25. The van der Waals surface area contributed by atoms with Gasteiger partial charge in [0, 0.05) is 0 Å². The summed E-state index contributed by atoms with van der Waals surface area (Å²) in [6.07, 6.45) is 8.15. The second-order valence-electron chi connectivity index (χ2n) is 12.6. The predicted octanol–water partition coefficient (Wildman–Crippen LogP) is 10.7. The first-order valence-electron chi connectivity index (χ1n) is 16.5. The van der Waals surface area contributed by atoms with Crippen molar-refractivity contribution in [3.05, 3.63) is 106 Å². The maximum absolute atomic E-state index is 15.3. The molecule has 0 bridgehead atoms. The fraction of sp³-hybridized carbons (Fsp3) is 0.447. The van der Waals surface area contributed by atoms with Crippen molar-refractivity contribution in [2.24, 2.45) is 5.92 Å². The maximum atomic E-state index is 15.3. The van der Waals surface area contributed by atoms with E-state index in [1.807, 2.05) is 19.1 Å². The third kappa shape index (κ3) is 7.54. The Hall–Kier alpha value is -3.75. The van der Waals surface area contributed by atoms with Crippen LogP contribution >= 0.6 is 0 Å². The van der Waals surface area contributed by atoms with Crippen LogP contribution < -0.4 is 9.47 Å². The van der Waals surface area contributed by atoms with Crippen LogP contribution in [0.3, 0.4) is 0 Å². The molecule has 5 rings (SSSR count). The standard InChI is InChI=1S/C38H40F6O3/c1-3-5-6-7-25-16-17-27(33(40)32(25)39)24-12-14-26(15-13-24)38(45)47-31-21-19-29(35(42)37(31)44)23-10-8-22(9-11-23)28-18-20-30(46-4-2)36(43)34(28)41/h3,5,16-24,26H,4,6-15H2,1-2H3. The lowest BCUT2D eigenvalue weighted by atomic mass is 9.76. The Kier molecular flexibility index (Phi) is 11.4. The number of hydrogen-bond acceptors (Lipinski definition) is 3. The van der Waals surface area contributed by atoms with Crippen LogP contribution in [0.2, 0.25) is 0 Å². The van der Waals surface area contributed by atoms with Crippen molar-refractivity contribution in [1.29, 1.82) is 0 Å². The predicted molar refractivity (Wildman–Crippen MR) is 168 cm³/mol. The van der Waals surface area contributed by atoms with Gasteiger partial charge in [0.2, 0.25) is 11.6 Å². The molecule has 2 fully saturated rings. The van der Waals surface area contributed by atoms with Crippen LogP contribution in [0.25, 0.3) is 0 Å². The Morgan fingerprint density at radius 2 is 1.13 bits per heavy atom. The summed E-state index contributed by atoms with van der Waals surface area (Å²) in [5, 5.41) is 0. The Bertz CT molecular complexity index is 1600. The Labute approximate surface area is 272 Å². The molecule has 3 nitrogen and oxygen atoms in total. The molecule has 2 aliphatic rings. The molecule has 0 unspecified atom stereocenters. The monoisotopic (exact) mass is 658 g/mol. The SMILES string of the molecule is CC=CCCc1ccc(C2CCC(C(=O)Oc3ccc(C4CCC(c5ccc(OCC)c(F)c5F)CC4)c(F)c3F)CC2)c(F)c1F. The van der Waals surface area contributed by atoms with Gasteiger partial charge in [-0.25, -0.2) is 17.6 Å². The molecular formula is C38H40F6O3. The molecule has 0 amide bonds. The largest absolute Gasteiger partial charge is 0.491 e. The molecule has 0 heterocycles. The van der Waals surface area contributed by atoms with E-state index >= 15 is 8.78 Å². The molecule has 2 saturated carbocycles. The van der Waals surface area contributed by atoms with Gasteiger partial charge in [0.15, 0.2) is 34.8 Å². The molecule has 252 valence electrons. The molecule has 9 heteroatoms. The van der Waals surface area contributed by atoms with E-state index in [0.29, 0.717) is 75.3 Å². The van der Waals surface area contributed by atoms with Crippen molar-refractivity contribution in [3.8, 4) is 11.5 Å². The van der Waals surface area contributed by atoms with E-state index in [0.717, 1.165) is 0 Å². The van der Waals surface area contributed by atoms with Gasteiger partial charge in [-0.1, -0.05) is 36.4 Å². The summed E-state index contributed by atoms with van der Waals surface area (Å²) in [5.74, 6) is -8.75. The summed E-state index contributed by atoms with van der Waals surface area (Å²) in [6.45, 7) is 3.76. The number of carbonyl (C=O) groups is 1. The van der Waals surface area contributed by atoms with Crippen molar-refractivity contribution >= 4 is 5.97 Å². The Morgan fingerprint density at radius 1 is 0.660 bits per heavy atom. The molecular weight excluding hydrogens is 618 g/mol. The van der Waals surface area contributed by atoms with Gasteiger partial charge in [-0.15, -0.1) is 0 Å². The summed E-state index contributed by atoms with van der Waals surface area (Å²) in [5.41, 5.74) is 1.02. The van der Waals surface area contributed by atoms with E-state index in [9.17, 15) is 22.4 Å². The second-order valence-corrected chi connectivity index (χ2v) is 12.6. The molecule has 0 saturated heterocycles. The highest BCUT2D eigenvalue weighted by atomic mass is 19.2. The zero-order chi connectivity index (χ0) is 33.7. The number of benzene rings is 3. The highest BCUT2D eigenvalue weighted by Crippen LogP contribution is 2.44. The number of aryl methyl sites for hydroxylation is 1. The number of rotatable bonds is 10. The van der Waals surface area contributed by atoms with Crippen molar-refractivity contribution < 1.29 is 40.6 Å². The number of halogens is 6. The van der Waals surface area contributed by atoms with Gasteiger partial charge in [-0.2, -0.15) is 8.78 Å². The smallest absolute Gasteiger partial charge is 0.314 e. The Morgan fingerprint density at radius 3 is 1.66 bits per heavy atom. The average molecular weight is 659 g/mol. The van der Waals surface area contributed by atoms with Crippen LogP contribution in [-0.4, -0.2) is 12.6 Å². The third-order valence-corrected chi connectivity index (χ3v) is 9.78. The van der Waals surface area contributed by atoms with Crippen LogP contribution in [0, 0.1) is 40.8 Å². The fourth-order valence-corrected chi connectivity index (χ4v) is 7.14. The van der Waals surface area contributed by atoms with Crippen LogP contribution in [0.15, 0.2) is 48.6 Å². The first-order chi connectivity index (χ1) is 22.6. The molecule has 3 aromatic carbocycles. The quantitative estimate of drug-likeness (QED) is 0.0941. The molecule has 3 aromatic rings. The number of hydrogen-bond donors (Lipinski definition) is 0. The van der Waals surface area contributed by atoms with Crippen LogP contribution in [-0.2, 0) is 11.2 Å². The summed E-state index contributed by atoms with van der Waals surface area (Å²) >= 11 is 0. The number of allylic oxidation sites excluding steroid dienone is 2. The zero-order valence-electron chi connectivity index (χ0n) is 26.7. The van der Waals surface area contributed by atoms with Crippen LogP contribution in [0.5, 0.6) is 11.5 Å². The van der Waals surface area contributed by atoms with Crippen molar-refractivity contribution in [2.75, 3.05) is 6.61 Å². The van der Waals surface area contributed by atoms with Gasteiger partial charge in [0.25, 0.3) is 0 Å². The summed E-state index contributed by atoms with van der Waals surface area (Å²) in [6, 6.07) is 8.84. The number of ether oxygens (including phenoxy) is 2. The van der Waals surface area contributed by atoms with Crippen LogP contribution in [0.4, 0.5) is 26.3 Å². The summed E-state index contributed by atoms with van der Waals surface area (Å²) < 4.78 is 99.6. The molecule has 0 radical (unpaired) electrons. The lowest BCUT2D eigenvalue weighted by Gasteiger charge is -2.30. The lowest BCUT2D eigenvalue weighted by molar-refractivity contribution is -0.140. The minimum Gasteiger partial charge on any atom is -0.491 e. The molecule has 47 heavy (non-hydrogen) atoms. The van der Waals surface area contributed by atoms with E-state index < -0.39 is 52.5 Å². The molecule has 0 aliphatic heterocycles. The van der Waals surface area contributed by atoms with Gasteiger partial charge in [0.1, 0.15) is 0 Å². The van der Waals surface area contributed by atoms with Gasteiger partial charge in [-0.05, 0) is 130 Å². The molecule has 0 spiro atoms. The van der Waals surface area contributed by atoms with E-state index in [2.05, 4.69) is 0 Å². The summed E-state index contributed by atoms with van der Waals surface area (Å²) in [7, 11) is 0. The van der Waals surface area contributed by atoms with Crippen molar-refractivity contribution in [2.45, 2.75) is 95.8 Å². The minimum absolute atomic E-state index is 0.141. The second kappa shape index (κ2) is 15.4. The Balaban J connectivity index is 1.16.